The Hall–Kier alpha value is -0.900. The number of hydrogen-bond acceptors (Lipinski definition) is 4. The molecule has 0 amide bonds. The van der Waals surface area contributed by atoms with Gasteiger partial charge in [0, 0.05) is 78.0 Å². The highest BCUT2D eigenvalue weighted by molar-refractivity contribution is 14.0. The van der Waals surface area contributed by atoms with Crippen molar-refractivity contribution >= 4 is 29.9 Å². The topological polar surface area (TPSA) is 43.3 Å². The zero-order chi connectivity index (χ0) is 19.2. The van der Waals surface area contributed by atoms with E-state index < -0.39 is 0 Å². The number of nitrogens with zero attached hydrogens (tertiary/aromatic N) is 4. The molecule has 162 valence electrons. The fourth-order valence-electron chi connectivity index (χ4n) is 4.76. The Bertz CT molecular complexity index is 642. The van der Waals surface area contributed by atoms with Crippen LogP contribution in [0.3, 0.4) is 0 Å². The molecule has 3 fully saturated rings. The first-order valence-corrected chi connectivity index (χ1v) is 10.8. The van der Waals surface area contributed by atoms with Crippen molar-refractivity contribution < 1.29 is 4.74 Å². The summed E-state index contributed by atoms with van der Waals surface area (Å²) in [6.07, 6.45) is 2.44. The van der Waals surface area contributed by atoms with Gasteiger partial charge in [-0.15, -0.1) is 24.0 Å². The molecule has 1 aromatic carbocycles. The maximum Gasteiger partial charge on any atom is 0.193 e. The van der Waals surface area contributed by atoms with Gasteiger partial charge in [-0.05, 0) is 18.4 Å². The van der Waals surface area contributed by atoms with Crippen LogP contribution in [0.5, 0.6) is 0 Å². The van der Waals surface area contributed by atoms with E-state index in [4.69, 9.17) is 4.74 Å². The number of rotatable bonds is 5. The van der Waals surface area contributed by atoms with Gasteiger partial charge in [-0.25, -0.2) is 0 Å². The Morgan fingerprint density at radius 1 is 1.07 bits per heavy atom. The quantitative estimate of drug-likeness (QED) is 0.371. The molecule has 4 rings (SSSR count). The lowest BCUT2D eigenvalue weighted by Gasteiger charge is -2.35. The minimum Gasteiger partial charge on any atom is -0.381 e. The average molecular weight is 513 g/mol. The summed E-state index contributed by atoms with van der Waals surface area (Å²) in [5.74, 6) is 1.06. The molecule has 0 bridgehead atoms. The Morgan fingerprint density at radius 2 is 1.83 bits per heavy atom. The van der Waals surface area contributed by atoms with E-state index in [1.807, 2.05) is 7.05 Å². The van der Waals surface area contributed by atoms with E-state index in [1.54, 1.807) is 0 Å². The first-order chi connectivity index (χ1) is 13.8. The summed E-state index contributed by atoms with van der Waals surface area (Å²) in [6.45, 7) is 11.8. The first-order valence-electron chi connectivity index (χ1n) is 10.8. The largest absolute Gasteiger partial charge is 0.381 e. The molecule has 29 heavy (non-hydrogen) atoms. The maximum atomic E-state index is 5.65. The summed E-state index contributed by atoms with van der Waals surface area (Å²) in [6, 6.07) is 10.8. The van der Waals surface area contributed by atoms with E-state index in [0.717, 1.165) is 78.1 Å². The lowest BCUT2D eigenvalue weighted by molar-refractivity contribution is 0.128. The van der Waals surface area contributed by atoms with Gasteiger partial charge in [-0.2, -0.15) is 0 Å². The monoisotopic (exact) mass is 513 g/mol. The molecule has 1 spiro atoms. The molecule has 3 heterocycles. The van der Waals surface area contributed by atoms with Crippen LogP contribution in [0.2, 0.25) is 0 Å². The fourth-order valence-corrected chi connectivity index (χ4v) is 4.76. The van der Waals surface area contributed by atoms with Gasteiger partial charge in [-0.3, -0.25) is 14.8 Å². The van der Waals surface area contributed by atoms with Crippen LogP contribution in [0.25, 0.3) is 0 Å². The van der Waals surface area contributed by atoms with Crippen molar-refractivity contribution in [1.29, 1.82) is 0 Å². The lowest BCUT2D eigenvalue weighted by atomic mass is 9.87. The van der Waals surface area contributed by atoms with E-state index >= 15 is 0 Å². The van der Waals surface area contributed by atoms with Crippen LogP contribution >= 0.6 is 24.0 Å². The number of nitrogens with one attached hydrogen (secondary N) is 1. The number of benzene rings is 1. The summed E-state index contributed by atoms with van der Waals surface area (Å²) in [5.41, 5.74) is 1.80. The van der Waals surface area contributed by atoms with Crippen molar-refractivity contribution in [3.63, 3.8) is 0 Å². The Balaban J connectivity index is 0.00000240. The Kier molecular flexibility index (Phi) is 8.58. The van der Waals surface area contributed by atoms with Gasteiger partial charge in [0.15, 0.2) is 5.96 Å². The second kappa shape index (κ2) is 10.9. The highest BCUT2D eigenvalue weighted by atomic mass is 127. The van der Waals surface area contributed by atoms with Crippen molar-refractivity contribution in [2.75, 3.05) is 72.6 Å². The van der Waals surface area contributed by atoms with Crippen molar-refractivity contribution in [3.8, 4) is 0 Å². The maximum absolute atomic E-state index is 5.65. The molecule has 1 unspecified atom stereocenters. The van der Waals surface area contributed by atoms with Gasteiger partial charge in [-0.1, -0.05) is 30.3 Å². The Morgan fingerprint density at radius 3 is 2.52 bits per heavy atom. The predicted octanol–water partition coefficient (Wildman–Crippen LogP) is 2.11. The molecule has 3 saturated heterocycles. The van der Waals surface area contributed by atoms with Crippen molar-refractivity contribution in [3.05, 3.63) is 35.9 Å². The summed E-state index contributed by atoms with van der Waals surface area (Å²) in [4.78, 5) is 12.1. The number of ether oxygens (including phenoxy) is 1. The third-order valence-corrected chi connectivity index (χ3v) is 6.56. The van der Waals surface area contributed by atoms with E-state index in [-0.39, 0.29) is 24.0 Å². The van der Waals surface area contributed by atoms with Crippen molar-refractivity contribution in [1.82, 2.24) is 20.0 Å². The van der Waals surface area contributed by atoms with Gasteiger partial charge in [0.1, 0.15) is 0 Å². The van der Waals surface area contributed by atoms with E-state index in [2.05, 4.69) is 55.3 Å². The van der Waals surface area contributed by atoms with Gasteiger partial charge in [0.05, 0.1) is 6.61 Å². The fraction of sp³-hybridized carbons (Fsp3) is 0.682. The minimum atomic E-state index is 0. The summed E-state index contributed by atoms with van der Waals surface area (Å²) in [7, 11) is 1.90. The van der Waals surface area contributed by atoms with Crippen LogP contribution in [0.4, 0.5) is 0 Å². The third kappa shape index (κ3) is 6.06. The van der Waals surface area contributed by atoms with Crippen LogP contribution in [0.15, 0.2) is 35.3 Å². The number of halogens is 1. The van der Waals surface area contributed by atoms with Crippen LogP contribution in [0.1, 0.15) is 18.4 Å². The van der Waals surface area contributed by atoms with Crippen molar-refractivity contribution in [2.24, 2.45) is 10.4 Å². The highest BCUT2D eigenvalue weighted by Crippen LogP contribution is 2.38. The summed E-state index contributed by atoms with van der Waals surface area (Å²) < 4.78 is 5.65. The molecular weight excluding hydrogens is 477 g/mol. The molecule has 7 heteroatoms. The zero-order valence-corrected chi connectivity index (χ0v) is 20.0. The molecule has 0 saturated carbocycles. The van der Waals surface area contributed by atoms with E-state index in [9.17, 15) is 0 Å². The van der Waals surface area contributed by atoms with E-state index in [0.29, 0.717) is 5.41 Å². The molecule has 1 atom stereocenters. The van der Waals surface area contributed by atoms with Gasteiger partial charge < -0.3 is 15.0 Å². The molecule has 0 aliphatic carbocycles. The minimum absolute atomic E-state index is 0. The normalized spacial score (nSPS) is 26.1. The molecule has 1 N–H and O–H groups in total. The molecular formula is C22H36IN5O. The summed E-state index contributed by atoms with van der Waals surface area (Å²) >= 11 is 0. The van der Waals surface area contributed by atoms with Crippen molar-refractivity contribution in [2.45, 2.75) is 19.4 Å². The SMILES string of the molecule is CN=C(NCCN1CCN(Cc2ccccc2)CC1)N1CCC2(CCOC2)C1.I. The smallest absolute Gasteiger partial charge is 0.193 e. The van der Waals surface area contributed by atoms with Gasteiger partial charge >= 0.3 is 0 Å². The molecule has 3 aliphatic rings. The van der Waals surface area contributed by atoms with Crippen LogP contribution < -0.4 is 5.32 Å². The molecule has 0 radical (unpaired) electrons. The molecule has 0 aromatic heterocycles. The standard InChI is InChI=1S/C22H35N5O.HI/c1-23-21(27-10-7-22(18-27)8-16-28-19-22)24-9-11-25-12-14-26(15-13-25)17-20-5-3-2-4-6-20;/h2-6H,7-19H2,1H3,(H,23,24);1H. The van der Waals surface area contributed by atoms with E-state index in [1.165, 1.54) is 18.4 Å². The van der Waals surface area contributed by atoms with Crippen LogP contribution in [0, 0.1) is 5.41 Å². The van der Waals surface area contributed by atoms with Gasteiger partial charge in [0.25, 0.3) is 0 Å². The van der Waals surface area contributed by atoms with Crippen LogP contribution in [-0.2, 0) is 11.3 Å². The lowest BCUT2D eigenvalue weighted by Crippen LogP contribution is -2.49. The summed E-state index contributed by atoms with van der Waals surface area (Å²) in [5, 5.41) is 3.60. The molecule has 6 nitrogen and oxygen atoms in total. The number of hydrogen-bond donors (Lipinski definition) is 1. The average Bonchev–Trinajstić information content (AvgIpc) is 3.37. The first kappa shape index (κ1) is 22.8. The number of guanidine groups is 1. The number of aliphatic imine (C=N–C) groups is 1. The van der Waals surface area contributed by atoms with Crippen LogP contribution in [-0.4, -0.2) is 93.3 Å². The Labute approximate surface area is 192 Å². The number of piperazine rings is 1. The second-order valence-corrected chi connectivity index (χ2v) is 8.55. The predicted molar refractivity (Wildman–Crippen MR) is 129 cm³/mol. The molecule has 3 aliphatic heterocycles. The van der Waals surface area contributed by atoms with Gasteiger partial charge in [0.2, 0.25) is 0 Å². The molecule has 1 aromatic rings. The number of likely N-dealkylation sites (tertiary alicyclic amines) is 1. The second-order valence-electron chi connectivity index (χ2n) is 8.55. The zero-order valence-electron chi connectivity index (χ0n) is 17.7. The third-order valence-electron chi connectivity index (χ3n) is 6.56. The highest BCUT2D eigenvalue weighted by Gasteiger charge is 2.42.